The van der Waals surface area contributed by atoms with Crippen LogP contribution in [0.1, 0.15) is 22.5 Å². The normalized spacial score (nSPS) is 17.7. The number of amides is 1. The van der Waals surface area contributed by atoms with Crippen LogP contribution in [-0.2, 0) is 9.53 Å². The van der Waals surface area contributed by atoms with Crippen LogP contribution in [0.15, 0.2) is 29.6 Å². The molecule has 24 heavy (non-hydrogen) atoms. The molecule has 7 heteroatoms. The lowest BCUT2D eigenvalue weighted by Gasteiger charge is -2.32. The van der Waals surface area contributed by atoms with Gasteiger partial charge in [0.05, 0.1) is 19.1 Å². The molecule has 0 unspecified atom stereocenters. The Morgan fingerprint density at radius 3 is 2.75 bits per heavy atom. The number of carbonyl (C=O) groups is 2. The first-order valence-electron chi connectivity index (χ1n) is 7.68. The zero-order chi connectivity index (χ0) is 17.1. The Morgan fingerprint density at radius 1 is 1.38 bits per heavy atom. The fourth-order valence-corrected chi connectivity index (χ4v) is 3.45. The molecule has 2 heterocycles. The molecular formula is C17H18N2O4S. The minimum absolute atomic E-state index is 0.0912. The van der Waals surface area contributed by atoms with E-state index in [9.17, 15) is 9.59 Å². The molecular weight excluding hydrogens is 328 g/mol. The summed E-state index contributed by atoms with van der Waals surface area (Å²) in [5.74, 6) is -1.02. The van der Waals surface area contributed by atoms with Crippen LogP contribution in [0, 0.1) is 6.92 Å². The van der Waals surface area contributed by atoms with Crippen molar-refractivity contribution in [2.75, 3.05) is 19.7 Å². The molecule has 126 valence electrons. The van der Waals surface area contributed by atoms with Crippen molar-refractivity contribution in [3.05, 3.63) is 40.9 Å². The molecule has 1 N–H and O–H groups in total. The third-order valence-electron chi connectivity index (χ3n) is 3.83. The van der Waals surface area contributed by atoms with E-state index in [0.717, 1.165) is 16.3 Å². The maximum absolute atomic E-state index is 12.6. The number of ether oxygens (including phenoxy) is 1. The van der Waals surface area contributed by atoms with Gasteiger partial charge in [0.25, 0.3) is 5.91 Å². The summed E-state index contributed by atoms with van der Waals surface area (Å²) in [4.78, 5) is 29.5. The van der Waals surface area contributed by atoms with Crippen LogP contribution >= 0.6 is 11.3 Å². The molecule has 0 aliphatic carbocycles. The molecule has 1 aliphatic rings. The van der Waals surface area contributed by atoms with E-state index in [-0.39, 0.29) is 12.3 Å². The number of morpholine rings is 1. The molecule has 1 amide bonds. The van der Waals surface area contributed by atoms with Gasteiger partial charge in [-0.15, -0.1) is 11.3 Å². The maximum Gasteiger partial charge on any atom is 0.306 e. The maximum atomic E-state index is 12.6. The number of rotatable bonds is 4. The van der Waals surface area contributed by atoms with E-state index in [2.05, 4.69) is 4.98 Å². The molecule has 3 rings (SSSR count). The Labute approximate surface area is 143 Å². The number of nitrogens with zero attached hydrogens (tertiary/aromatic N) is 2. The van der Waals surface area contributed by atoms with Crippen molar-refractivity contribution in [1.82, 2.24) is 9.88 Å². The van der Waals surface area contributed by atoms with E-state index in [0.29, 0.717) is 25.3 Å². The zero-order valence-electron chi connectivity index (χ0n) is 13.3. The van der Waals surface area contributed by atoms with Gasteiger partial charge in [0.2, 0.25) is 0 Å². The van der Waals surface area contributed by atoms with Gasteiger partial charge in [-0.3, -0.25) is 9.59 Å². The van der Waals surface area contributed by atoms with Crippen LogP contribution in [0.3, 0.4) is 0 Å². The molecule has 1 fully saturated rings. The van der Waals surface area contributed by atoms with E-state index in [1.165, 1.54) is 0 Å². The van der Waals surface area contributed by atoms with E-state index in [1.807, 2.05) is 24.4 Å². The molecule has 1 atom stereocenters. The summed E-state index contributed by atoms with van der Waals surface area (Å²) in [5, 5.41) is 11.8. The molecule has 0 saturated carbocycles. The number of carboxylic acids is 1. The highest BCUT2D eigenvalue weighted by Gasteiger charge is 2.26. The minimum atomic E-state index is -0.919. The molecule has 0 radical (unpaired) electrons. The Bertz CT molecular complexity index is 741. The Balaban J connectivity index is 1.69. The molecule has 1 aromatic carbocycles. The van der Waals surface area contributed by atoms with Crippen molar-refractivity contribution in [3.8, 4) is 10.6 Å². The number of aromatic nitrogens is 1. The van der Waals surface area contributed by atoms with E-state index < -0.39 is 12.1 Å². The average molecular weight is 346 g/mol. The van der Waals surface area contributed by atoms with Crippen molar-refractivity contribution < 1.29 is 19.4 Å². The first kappa shape index (κ1) is 16.6. The quantitative estimate of drug-likeness (QED) is 0.920. The second kappa shape index (κ2) is 7.11. The van der Waals surface area contributed by atoms with Gasteiger partial charge in [0.1, 0.15) is 5.01 Å². The molecule has 1 saturated heterocycles. The van der Waals surface area contributed by atoms with E-state index in [4.69, 9.17) is 9.84 Å². The monoisotopic (exact) mass is 346 g/mol. The minimum Gasteiger partial charge on any atom is -0.481 e. The lowest BCUT2D eigenvalue weighted by molar-refractivity contribution is -0.141. The molecule has 1 aliphatic heterocycles. The van der Waals surface area contributed by atoms with Crippen molar-refractivity contribution in [2.45, 2.75) is 19.4 Å². The summed E-state index contributed by atoms with van der Waals surface area (Å²) in [6, 6.07) is 7.35. The first-order chi connectivity index (χ1) is 11.5. The van der Waals surface area contributed by atoms with Gasteiger partial charge in [0.15, 0.2) is 0 Å². The Kier molecular flexibility index (Phi) is 4.92. The zero-order valence-corrected chi connectivity index (χ0v) is 14.1. The third-order valence-corrected chi connectivity index (χ3v) is 4.84. The summed E-state index contributed by atoms with van der Waals surface area (Å²) in [7, 11) is 0. The fraction of sp³-hybridized carbons (Fsp3) is 0.353. The number of benzene rings is 1. The van der Waals surface area contributed by atoms with Crippen LogP contribution in [0.5, 0.6) is 0 Å². The standard InChI is InChI=1S/C17H18N2O4S/c1-11-10-24-16(18-11)12-2-4-13(5-3-12)17(22)19-6-7-23-14(9-19)8-15(20)21/h2-5,10,14H,6-9H2,1H3,(H,20,21)/t14-/m1/s1. The van der Waals surface area contributed by atoms with Gasteiger partial charge in [-0.25, -0.2) is 4.98 Å². The first-order valence-corrected chi connectivity index (χ1v) is 8.56. The van der Waals surface area contributed by atoms with Crippen molar-refractivity contribution in [2.24, 2.45) is 0 Å². The number of aryl methyl sites for hydroxylation is 1. The van der Waals surface area contributed by atoms with Crippen LogP contribution in [0.4, 0.5) is 0 Å². The lowest BCUT2D eigenvalue weighted by Crippen LogP contribution is -2.46. The second-order valence-electron chi connectivity index (χ2n) is 5.71. The SMILES string of the molecule is Cc1csc(-c2ccc(C(=O)N3CCO[C@H](CC(=O)O)C3)cc2)n1. The summed E-state index contributed by atoms with van der Waals surface area (Å²) in [6.07, 6.45) is -0.538. The van der Waals surface area contributed by atoms with Crippen molar-refractivity contribution in [3.63, 3.8) is 0 Å². The highest BCUT2D eigenvalue weighted by Crippen LogP contribution is 2.24. The predicted octanol–water partition coefficient (Wildman–Crippen LogP) is 2.43. The van der Waals surface area contributed by atoms with Crippen molar-refractivity contribution >= 4 is 23.2 Å². The topological polar surface area (TPSA) is 79.7 Å². The van der Waals surface area contributed by atoms with Gasteiger partial charge in [-0.05, 0) is 19.1 Å². The molecule has 6 nitrogen and oxygen atoms in total. The number of aliphatic carboxylic acids is 1. The summed E-state index contributed by atoms with van der Waals surface area (Å²) in [5.41, 5.74) is 2.55. The molecule has 1 aromatic heterocycles. The summed E-state index contributed by atoms with van der Waals surface area (Å²) < 4.78 is 5.40. The summed E-state index contributed by atoms with van der Waals surface area (Å²) in [6.45, 7) is 3.09. The summed E-state index contributed by atoms with van der Waals surface area (Å²) >= 11 is 1.57. The number of hydrogen-bond donors (Lipinski definition) is 1. The molecule has 2 aromatic rings. The lowest BCUT2D eigenvalue weighted by atomic mass is 10.1. The smallest absolute Gasteiger partial charge is 0.306 e. The molecule has 0 spiro atoms. The number of carbonyl (C=O) groups excluding carboxylic acids is 1. The highest BCUT2D eigenvalue weighted by atomic mass is 32.1. The third kappa shape index (κ3) is 3.80. The van der Waals surface area contributed by atoms with Gasteiger partial charge in [0, 0.05) is 35.3 Å². The van der Waals surface area contributed by atoms with Crippen LogP contribution < -0.4 is 0 Å². The fourth-order valence-electron chi connectivity index (χ4n) is 2.65. The van der Waals surface area contributed by atoms with Crippen LogP contribution in [0.25, 0.3) is 10.6 Å². The largest absolute Gasteiger partial charge is 0.481 e. The van der Waals surface area contributed by atoms with Crippen LogP contribution in [0.2, 0.25) is 0 Å². The van der Waals surface area contributed by atoms with Crippen molar-refractivity contribution in [1.29, 1.82) is 0 Å². The van der Waals surface area contributed by atoms with E-state index in [1.54, 1.807) is 28.4 Å². The number of thiazole rings is 1. The Hall–Kier alpha value is -2.25. The average Bonchev–Trinajstić information content (AvgIpc) is 3.00. The van der Waals surface area contributed by atoms with Crippen LogP contribution in [-0.4, -0.2) is 52.7 Å². The van der Waals surface area contributed by atoms with Gasteiger partial charge >= 0.3 is 5.97 Å². The van der Waals surface area contributed by atoms with Gasteiger partial charge in [-0.2, -0.15) is 0 Å². The van der Waals surface area contributed by atoms with E-state index >= 15 is 0 Å². The second-order valence-corrected chi connectivity index (χ2v) is 6.57. The Morgan fingerprint density at radius 2 is 2.12 bits per heavy atom. The highest BCUT2D eigenvalue weighted by molar-refractivity contribution is 7.13. The van der Waals surface area contributed by atoms with Gasteiger partial charge in [-0.1, -0.05) is 12.1 Å². The predicted molar refractivity (Wildman–Crippen MR) is 90.2 cm³/mol. The number of hydrogen-bond acceptors (Lipinski definition) is 5. The molecule has 0 bridgehead atoms. The van der Waals surface area contributed by atoms with Gasteiger partial charge < -0.3 is 14.7 Å². The number of carboxylic acid groups (broad SMARTS) is 1.